The number of aromatic nitrogens is 4. The quantitative estimate of drug-likeness (QED) is 0.182. The highest BCUT2D eigenvalue weighted by atomic mass is 32.2. The molecule has 5 aromatic rings. The van der Waals surface area contributed by atoms with Crippen LogP contribution in [-0.2, 0) is 6.54 Å². The Hall–Kier alpha value is -3.87. The number of thioether (sulfide) groups is 1. The molecule has 0 bridgehead atoms. The highest BCUT2D eigenvalue weighted by Gasteiger charge is 2.19. The number of aliphatic hydroxyl groups excluding tert-OH is 1. The second kappa shape index (κ2) is 9.32. The van der Waals surface area contributed by atoms with E-state index in [9.17, 15) is 10.4 Å². The molecule has 33 heavy (non-hydrogen) atoms. The minimum atomic E-state index is -0.0460. The summed E-state index contributed by atoms with van der Waals surface area (Å²) in [6.07, 6.45) is 1.59. The highest BCUT2D eigenvalue weighted by Crippen LogP contribution is 2.31. The lowest BCUT2D eigenvalue weighted by Gasteiger charge is -2.09. The van der Waals surface area contributed by atoms with E-state index in [2.05, 4.69) is 21.3 Å². The second-order valence-corrected chi connectivity index (χ2v) is 9.04. The lowest BCUT2D eigenvalue weighted by atomic mass is 10.2. The van der Waals surface area contributed by atoms with E-state index in [4.69, 9.17) is 4.42 Å². The van der Waals surface area contributed by atoms with Gasteiger partial charge in [0.25, 0.3) is 0 Å². The van der Waals surface area contributed by atoms with Gasteiger partial charge in [-0.3, -0.25) is 4.57 Å². The molecule has 3 aromatic heterocycles. The smallest absolute Gasteiger partial charge is 0.200 e. The fourth-order valence-corrected chi connectivity index (χ4v) is 5.11. The van der Waals surface area contributed by atoms with Crippen LogP contribution in [0.2, 0.25) is 0 Å². The predicted molar refractivity (Wildman–Crippen MR) is 129 cm³/mol. The molecule has 0 unspecified atom stereocenters. The molecule has 0 atom stereocenters. The zero-order chi connectivity index (χ0) is 22.6. The van der Waals surface area contributed by atoms with Crippen molar-refractivity contribution in [3.63, 3.8) is 0 Å². The molecule has 162 valence electrons. The summed E-state index contributed by atoms with van der Waals surface area (Å²) >= 11 is 2.68. The molecule has 2 aromatic carbocycles. The second-order valence-electron chi connectivity index (χ2n) is 7.06. The van der Waals surface area contributed by atoms with Crippen LogP contribution < -0.4 is 0 Å². The zero-order valence-corrected chi connectivity index (χ0v) is 18.9. The molecule has 9 heteroatoms. The summed E-state index contributed by atoms with van der Waals surface area (Å²) in [5.41, 5.74) is 2.05. The van der Waals surface area contributed by atoms with Crippen LogP contribution in [0, 0.1) is 11.3 Å². The van der Waals surface area contributed by atoms with Gasteiger partial charge in [0.1, 0.15) is 22.4 Å². The first kappa shape index (κ1) is 21.0. The van der Waals surface area contributed by atoms with Crippen LogP contribution in [0.5, 0.6) is 0 Å². The molecule has 0 amide bonds. The minimum Gasteiger partial charge on any atom is -0.510 e. The van der Waals surface area contributed by atoms with Gasteiger partial charge in [0.05, 0.1) is 28.8 Å². The maximum absolute atomic E-state index is 10.7. The fraction of sp³-hybridized carbons (Fsp3) is 0.0833. The van der Waals surface area contributed by atoms with Crippen LogP contribution in [0.4, 0.5) is 0 Å². The van der Waals surface area contributed by atoms with E-state index in [0.29, 0.717) is 28.3 Å². The van der Waals surface area contributed by atoms with Crippen LogP contribution >= 0.6 is 23.1 Å². The molecule has 0 radical (unpaired) electrons. The number of nitrogens with zero attached hydrogens (tertiary/aromatic N) is 5. The Balaban J connectivity index is 1.44. The Morgan fingerprint density at radius 2 is 1.88 bits per heavy atom. The average Bonchev–Trinajstić information content (AvgIpc) is 3.59. The van der Waals surface area contributed by atoms with E-state index >= 15 is 0 Å². The van der Waals surface area contributed by atoms with Crippen LogP contribution in [-0.4, -0.2) is 30.6 Å². The highest BCUT2D eigenvalue weighted by molar-refractivity contribution is 7.99. The number of fused-ring (bicyclic) bond motifs is 1. The standard InChI is InChI=1S/C24H17N5O2S2/c25-13-17(23-26-18-9-4-5-11-21(18)33-23)19(30)15-32-24-28-27-22(20-10-6-12-31-20)29(24)14-16-7-2-1-3-8-16/h1-12,30H,14-15H2/b19-17-. The number of hydrogen-bond acceptors (Lipinski definition) is 8. The number of nitriles is 1. The first-order valence-corrected chi connectivity index (χ1v) is 11.8. The van der Waals surface area contributed by atoms with Crippen molar-refractivity contribution < 1.29 is 9.52 Å². The number of para-hydroxylation sites is 1. The molecule has 3 heterocycles. The summed E-state index contributed by atoms with van der Waals surface area (Å²) < 4.78 is 8.44. The van der Waals surface area contributed by atoms with Crippen LogP contribution in [0.25, 0.3) is 27.4 Å². The van der Waals surface area contributed by atoms with Gasteiger partial charge in [-0.1, -0.05) is 54.2 Å². The van der Waals surface area contributed by atoms with Crippen molar-refractivity contribution in [3.8, 4) is 17.7 Å². The van der Waals surface area contributed by atoms with Crippen molar-refractivity contribution >= 4 is 38.9 Å². The third-order valence-corrected chi connectivity index (χ3v) is 6.92. The van der Waals surface area contributed by atoms with E-state index in [-0.39, 0.29) is 17.1 Å². The van der Waals surface area contributed by atoms with Gasteiger partial charge in [0.15, 0.2) is 10.9 Å². The van der Waals surface area contributed by atoms with Gasteiger partial charge in [-0.25, -0.2) is 4.98 Å². The van der Waals surface area contributed by atoms with Crippen LogP contribution in [0.3, 0.4) is 0 Å². The SMILES string of the molecule is N#C/C(=C(/O)CSc1nnc(-c2ccco2)n1Cc1ccccc1)c1nc2ccccc2s1. The van der Waals surface area contributed by atoms with E-state index in [1.54, 1.807) is 12.3 Å². The number of aliphatic hydroxyl groups is 1. The van der Waals surface area contributed by atoms with Gasteiger partial charge in [-0.15, -0.1) is 21.5 Å². The molecular formula is C24H17N5O2S2. The fourth-order valence-electron chi connectivity index (χ4n) is 3.31. The first-order valence-electron chi connectivity index (χ1n) is 10.0. The monoisotopic (exact) mass is 471 g/mol. The van der Waals surface area contributed by atoms with Crippen molar-refractivity contribution in [3.05, 3.63) is 89.3 Å². The molecule has 7 nitrogen and oxygen atoms in total. The Bertz CT molecular complexity index is 1430. The maximum Gasteiger partial charge on any atom is 0.200 e. The van der Waals surface area contributed by atoms with Crippen molar-refractivity contribution in [2.24, 2.45) is 0 Å². The molecule has 0 aliphatic rings. The lowest BCUT2D eigenvalue weighted by Crippen LogP contribution is -2.04. The van der Waals surface area contributed by atoms with Gasteiger partial charge in [-0.2, -0.15) is 5.26 Å². The van der Waals surface area contributed by atoms with Gasteiger partial charge in [0, 0.05) is 0 Å². The Labute approximate surface area is 197 Å². The molecule has 5 rings (SSSR count). The van der Waals surface area contributed by atoms with Crippen molar-refractivity contribution in [1.82, 2.24) is 19.7 Å². The minimum absolute atomic E-state index is 0.0460. The Morgan fingerprint density at radius 1 is 1.06 bits per heavy atom. The molecule has 0 spiro atoms. The van der Waals surface area contributed by atoms with Crippen LogP contribution in [0.1, 0.15) is 10.6 Å². The topological polar surface area (TPSA) is 101 Å². The molecule has 0 saturated heterocycles. The third-order valence-electron chi connectivity index (χ3n) is 4.89. The number of hydrogen-bond donors (Lipinski definition) is 1. The average molecular weight is 472 g/mol. The van der Waals surface area contributed by atoms with Gasteiger partial charge < -0.3 is 9.52 Å². The van der Waals surface area contributed by atoms with Gasteiger partial charge in [-0.05, 0) is 29.8 Å². The number of allylic oxidation sites excluding steroid dienone is 1. The summed E-state index contributed by atoms with van der Waals surface area (Å²) in [4.78, 5) is 4.49. The van der Waals surface area contributed by atoms with Crippen molar-refractivity contribution in [2.75, 3.05) is 5.75 Å². The summed E-state index contributed by atoms with van der Waals surface area (Å²) in [6, 6.07) is 23.4. The molecule has 0 fully saturated rings. The number of furan rings is 1. The van der Waals surface area contributed by atoms with Gasteiger partial charge in [0.2, 0.25) is 5.82 Å². The summed E-state index contributed by atoms with van der Waals surface area (Å²) in [5.74, 6) is 1.32. The summed E-state index contributed by atoms with van der Waals surface area (Å²) in [7, 11) is 0. The Morgan fingerprint density at radius 3 is 2.64 bits per heavy atom. The summed E-state index contributed by atoms with van der Waals surface area (Å²) in [5, 5.41) is 30.2. The maximum atomic E-state index is 10.7. The third kappa shape index (κ3) is 4.39. The Kier molecular flexibility index (Phi) is 5.93. The number of thiazole rings is 1. The normalized spacial score (nSPS) is 12.0. The molecule has 0 aliphatic heterocycles. The molecule has 0 saturated carbocycles. The predicted octanol–water partition coefficient (Wildman–Crippen LogP) is 5.78. The number of rotatable bonds is 7. The molecular weight excluding hydrogens is 454 g/mol. The van der Waals surface area contributed by atoms with E-state index in [0.717, 1.165) is 15.8 Å². The number of benzene rings is 2. The zero-order valence-electron chi connectivity index (χ0n) is 17.3. The molecule has 0 aliphatic carbocycles. The summed E-state index contributed by atoms with van der Waals surface area (Å²) in [6.45, 7) is 0.541. The largest absolute Gasteiger partial charge is 0.510 e. The van der Waals surface area contributed by atoms with E-state index < -0.39 is 0 Å². The van der Waals surface area contributed by atoms with E-state index in [1.165, 1.54) is 23.1 Å². The van der Waals surface area contributed by atoms with Crippen LogP contribution in [0.15, 0.2) is 88.3 Å². The molecule has 1 N–H and O–H groups in total. The van der Waals surface area contributed by atoms with Gasteiger partial charge >= 0.3 is 0 Å². The first-order chi connectivity index (χ1) is 16.2. The van der Waals surface area contributed by atoms with Crippen molar-refractivity contribution in [2.45, 2.75) is 11.7 Å². The van der Waals surface area contributed by atoms with Crippen molar-refractivity contribution in [1.29, 1.82) is 5.26 Å². The lowest BCUT2D eigenvalue weighted by molar-refractivity contribution is 0.420. The van der Waals surface area contributed by atoms with E-state index in [1.807, 2.05) is 65.2 Å².